The molecule has 0 radical (unpaired) electrons. The van der Waals surface area contributed by atoms with Crippen molar-refractivity contribution in [3.63, 3.8) is 0 Å². The largest absolute Gasteiger partial charge is 0.481 e. The van der Waals surface area contributed by atoms with Gasteiger partial charge in [0.1, 0.15) is 0 Å². The van der Waals surface area contributed by atoms with E-state index in [0.29, 0.717) is 13.0 Å². The number of carboxylic acids is 1. The molecule has 0 fully saturated rings. The molecule has 0 aromatic heterocycles. The van der Waals surface area contributed by atoms with E-state index < -0.39 is 5.97 Å². The first-order valence-electron chi connectivity index (χ1n) is 12.7. The topological polar surface area (TPSA) is 98.7 Å². The third-order valence-corrected chi connectivity index (χ3v) is 7.04. The molecule has 7 nitrogen and oxygen atoms in total. The molecule has 3 N–H and O–H groups in total. The van der Waals surface area contributed by atoms with E-state index in [1.807, 2.05) is 29.2 Å². The van der Waals surface area contributed by atoms with Crippen molar-refractivity contribution in [1.29, 1.82) is 0 Å². The van der Waals surface area contributed by atoms with Crippen molar-refractivity contribution in [3.05, 3.63) is 70.8 Å². The summed E-state index contributed by atoms with van der Waals surface area (Å²) in [5.41, 5.74) is 4.92. The molecule has 0 bridgehead atoms. The lowest BCUT2D eigenvalue weighted by molar-refractivity contribution is -0.137. The number of aryl methyl sites for hydroxylation is 2. The van der Waals surface area contributed by atoms with E-state index in [1.165, 1.54) is 22.3 Å². The predicted molar refractivity (Wildman–Crippen MR) is 134 cm³/mol. The van der Waals surface area contributed by atoms with Crippen LogP contribution in [0.25, 0.3) is 0 Å². The number of rotatable bonds is 12. The van der Waals surface area contributed by atoms with E-state index in [2.05, 4.69) is 34.9 Å². The van der Waals surface area contributed by atoms with Crippen LogP contribution in [0.3, 0.4) is 0 Å². The number of unbranched alkanes of at least 4 members (excludes halogenated alkanes) is 2. The highest BCUT2D eigenvalue weighted by molar-refractivity contribution is 5.82. The van der Waals surface area contributed by atoms with Gasteiger partial charge in [0.2, 0.25) is 11.8 Å². The lowest BCUT2D eigenvalue weighted by atomic mass is 10.1. The minimum atomic E-state index is -0.797. The van der Waals surface area contributed by atoms with Crippen LogP contribution in [0.2, 0.25) is 0 Å². The Bertz CT molecular complexity index is 983. The van der Waals surface area contributed by atoms with Crippen molar-refractivity contribution in [2.45, 2.75) is 63.5 Å². The molecule has 0 aliphatic heterocycles. The van der Waals surface area contributed by atoms with Gasteiger partial charge in [-0.25, -0.2) is 0 Å². The summed E-state index contributed by atoms with van der Waals surface area (Å²) in [7, 11) is 0. The SMILES string of the molecule is O=C(O)CCCCCN(CC(=O)NC1CCc2ccccc21)CC(=O)NC1CCc2ccccc21. The summed E-state index contributed by atoms with van der Waals surface area (Å²) in [5, 5.41) is 15.2. The fourth-order valence-corrected chi connectivity index (χ4v) is 5.30. The zero-order valence-electron chi connectivity index (χ0n) is 20.2. The molecule has 2 aliphatic rings. The Labute approximate surface area is 206 Å². The Hall–Kier alpha value is -3.19. The smallest absolute Gasteiger partial charge is 0.303 e. The zero-order chi connectivity index (χ0) is 24.6. The average molecular weight is 478 g/mol. The maximum Gasteiger partial charge on any atom is 0.303 e. The fraction of sp³-hybridized carbons (Fsp3) is 0.464. The molecule has 2 aromatic rings. The van der Waals surface area contributed by atoms with Crippen molar-refractivity contribution in [2.24, 2.45) is 0 Å². The van der Waals surface area contributed by atoms with Gasteiger partial charge < -0.3 is 15.7 Å². The lowest BCUT2D eigenvalue weighted by Crippen LogP contribution is -2.44. The van der Waals surface area contributed by atoms with Crippen LogP contribution in [0.5, 0.6) is 0 Å². The van der Waals surface area contributed by atoms with Crippen molar-refractivity contribution in [1.82, 2.24) is 15.5 Å². The quantitative estimate of drug-likeness (QED) is 0.406. The molecule has 2 unspecified atom stereocenters. The first kappa shape index (κ1) is 24.9. The van der Waals surface area contributed by atoms with Crippen molar-refractivity contribution in [3.8, 4) is 0 Å². The first-order valence-corrected chi connectivity index (χ1v) is 12.7. The van der Waals surface area contributed by atoms with Crippen LogP contribution < -0.4 is 10.6 Å². The standard InChI is InChI=1S/C28H35N3O4/c32-26(29-24-15-13-20-8-3-5-10-22(20)24)18-31(17-7-1-2-12-28(34)35)19-27(33)30-25-16-14-21-9-4-6-11-23(21)25/h3-6,8-11,24-25H,1-2,7,12-19H2,(H,29,32)(H,30,33)(H,34,35). The van der Waals surface area contributed by atoms with Gasteiger partial charge >= 0.3 is 5.97 Å². The highest BCUT2D eigenvalue weighted by Gasteiger charge is 2.26. The lowest BCUT2D eigenvalue weighted by Gasteiger charge is -2.24. The molecule has 0 spiro atoms. The highest BCUT2D eigenvalue weighted by atomic mass is 16.4. The van der Waals surface area contributed by atoms with Gasteiger partial charge in [0.05, 0.1) is 25.2 Å². The number of nitrogens with one attached hydrogen (secondary N) is 2. The summed E-state index contributed by atoms with van der Waals surface area (Å²) >= 11 is 0. The normalized spacial score (nSPS) is 18.2. The number of nitrogens with zero attached hydrogens (tertiary/aromatic N) is 1. The Morgan fingerprint density at radius 2 is 1.29 bits per heavy atom. The first-order chi connectivity index (χ1) is 17.0. The summed E-state index contributed by atoms with van der Waals surface area (Å²) in [5.74, 6) is -0.971. The highest BCUT2D eigenvalue weighted by Crippen LogP contribution is 2.31. The molecular weight excluding hydrogens is 442 g/mol. The summed E-state index contributed by atoms with van der Waals surface area (Å²) in [6, 6.07) is 16.4. The van der Waals surface area contributed by atoms with Crippen molar-refractivity contribution >= 4 is 17.8 Å². The van der Waals surface area contributed by atoms with Gasteiger partial charge in [-0.15, -0.1) is 0 Å². The average Bonchev–Trinajstić information content (AvgIpc) is 3.43. The van der Waals surface area contributed by atoms with Crippen molar-refractivity contribution < 1.29 is 19.5 Å². The number of aliphatic carboxylic acids is 1. The molecule has 2 amide bonds. The van der Waals surface area contributed by atoms with E-state index >= 15 is 0 Å². The Kier molecular flexibility index (Phi) is 8.53. The van der Waals surface area contributed by atoms with Crippen LogP contribution in [0, 0.1) is 0 Å². The van der Waals surface area contributed by atoms with E-state index in [9.17, 15) is 14.4 Å². The van der Waals surface area contributed by atoms with Crippen LogP contribution in [-0.2, 0) is 27.2 Å². The van der Waals surface area contributed by atoms with Crippen LogP contribution >= 0.6 is 0 Å². The van der Waals surface area contributed by atoms with Gasteiger partial charge in [-0.3, -0.25) is 19.3 Å². The van der Waals surface area contributed by atoms with Crippen LogP contribution in [0.1, 0.15) is 72.9 Å². The third kappa shape index (κ3) is 6.92. The molecule has 35 heavy (non-hydrogen) atoms. The van der Waals surface area contributed by atoms with Crippen LogP contribution in [0.4, 0.5) is 0 Å². The maximum atomic E-state index is 12.9. The summed E-state index contributed by atoms with van der Waals surface area (Å²) < 4.78 is 0. The second-order valence-electron chi connectivity index (χ2n) is 9.63. The Morgan fingerprint density at radius 1 is 0.771 bits per heavy atom. The predicted octanol–water partition coefficient (Wildman–Crippen LogP) is 3.54. The Morgan fingerprint density at radius 3 is 1.80 bits per heavy atom. The van der Waals surface area contributed by atoms with Gasteiger partial charge in [0, 0.05) is 6.42 Å². The van der Waals surface area contributed by atoms with Crippen LogP contribution in [0.15, 0.2) is 48.5 Å². The number of benzene rings is 2. The monoisotopic (exact) mass is 477 g/mol. The summed E-state index contributed by atoms with van der Waals surface area (Å²) in [4.78, 5) is 38.5. The summed E-state index contributed by atoms with van der Waals surface area (Å²) in [6.07, 6.45) is 5.93. The fourth-order valence-electron chi connectivity index (χ4n) is 5.30. The number of carbonyl (C=O) groups excluding carboxylic acids is 2. The zero-order valence-corrected chi connectivity index (χ0v) is 20.2. The number of hydrogen-bond acceptors (Lipinski definition) is 4. The molecule has 2 aliphatic carbocycles. The van der Waals surface area contributed by atoms with Gasteiger partial charge in [0.15, 0.2) is 0 Å². The minimum Gasteiger partial charge on any atom is -0.481 e. The van der Waals surface area contributed by atoms with Gasteiger partial charge in [-0.1, -0.05) is 55.0 Å². The molecule has 0 saturated heterocycles. The second-order valence-corrected chi connectivity index (χ2v) is 9.63. The molecule has 2 aromatic carbocycles. The number of carboxylic acid groups (broad SMARTS) is 1. The molecule has 0 saturated carbocycles. The third-order valence-electron chi connectivity index (χ3n) is 7.04. The number of hydrogen-bond donors (Lipinski definition) is 3. The van der Waals surface area contributed by atoms with E-state index in [4.69, 9.17) is 5.11 Å². The van der Waals surface area contributed by atoms with E-state index in [-0.39, 0.29) is 43.4 Å². The summed E-state index contributed by atoms with van der Waals surface area (Å²) in [6.45, 7) is 0.863. The van der Waals surface area contributed by atoms with Gasteiger partial charge in [-0.05, 0) is 67.3 Å². The van der Waals surface area contributed by atoms with Gasteiger partial charge in [-0.2, -0.15) is 0 Å². The molecule has 186 valence electrons. The Balaban J connectivity index is 1.32. The molecule has 4 rings (SSSR count). The number of carbonyl (C=O) groups is 3. The molecule has 7 heteroatoms. The second kappa shape index (κ2) is 12.0. The number of fused-ring (bicyclic) bond motifs is 2. The minimum absolute atomic E-state index is 0.0138. The number of amides is 2. The van der Waals surface area contributed by atoms with Crippen molar-refractivity contribution in [2.75, 3.05) is 19.6 Å². The van der Waals surface area contributed by atoms with E-state index in [0.717, 1.165) is 38.5 Å². The van der Waals surface area contributed by atoms with E-state index in [1.54, 1.807) is 0 Å². The molecule has 0 heterocycles. The van der Waals surface area contributed by atoms with Gasteiger partial charge in [0.25, 0.3) is 0 Å². The molecule has 2 atom stereocenters. The van der Waals surface area contributed by atoms with Crippen LogP contribution in [-0.4, -0.2) is 47.4 Å². The molecular formula is C28H35N3O4. The maximum absolute atomic E-state index is 12.9.